The molecule has 0 saturated heterocycles. The van der Waals surface area contributed by atoms with Gasteiger partial charge in [-0.1, -0.05) is 454 Å². The summed E-state index contributed by atoms with van der Waals surface area (Å²) >= 11 is 38.6. The Labute approximate surface area is 665 Å². The minimum Gasteiger partial charge on any atom is -0.412 e. The number of rotatable bonds is 60. The molecule has 4 N–H and O–H groups in total. The van der Waals surface area contributed by atoms with Gasteiger partial charge in [-0.05, 0) is 49.4 Å². The standard InChI is InChI=1S/4C21H41NS2.Mo/c4*23-21(24)22-19-15-10-8-6-4-2-1-3-5-7-9-12-16-20-17-13-11-14-18-20;/h4*20H,1-19H2,(H2,22,23,24);/q;;;;+4/p-4. The van der Waals surface area contributed by atoms with Crippen LogP contribution in [-0.2, 0) is 71.6 Å². The van der Waals surface area contributed by atoms with E-state index in [1.54, 1.807) is 0 Å². The Morgan fingerprint density at radius 3 is 0.423 bits per heavy atom. The molecule has 97 heavy (non-hydrogen) atoms. The maximum atomic E-state index is 4.82. The summed E-state index contributed by atoms with van der Waals surface area (Å²) in [6.07, 6.45) is 104. The summed E-state index contributed by atoms with van der Waals surface area (Å²) in [6, 6.07) is 0. The topological polar surface area (TPSA) is 48.1 Å². The molecule has 4 fully saturated rings. The van der Waals surface area contributed by atoms with E-state index in [0.29, 0.717) is 17.3 Å². The van der Waals surface area contributed by atoms with Crippen LogP contribution in [-0.4, -0.2) is 43.5 Å². The van der Waals surface area contributed by atoms with Gasteiger partial charge in [0, 0.05) is 26.2 Å². The van der Waals surface area contributed by atoms with E-state index in [1.165, 1.54) is 462 Å². The van der Waals surface area contributed by atoms with Crippen LogP contribution in [0.1, 0.15) is 462 Å². The van der Waals surface area contributed by atoms with E-state index < -0.39 is 0 Å². The molecule has 0 aromatic heterocycles. The second kappa shape index (κ2) is 81.2. The predicted molar refractivity (Wildman–Crippen MR) is 458 cm³/mol. The first-order valence-electron chi connectivity index (χ1n) is 42.9. The van der Waals surface area contributed by atoms with Crippen LogP contribution < -0.4 is 21.3 Å². The molecule has 0 bridgehead atoms. The van der Waals surface area contributed by atoms with Gasteiger partial charge in [0.1, 0.15) is 0 Å². The summed E-state index contributed by atoms with van der Waals surface area (Å²) in [4.78, 5) is 0. The van der Waals surface area contributed by atoms with Gasteiger partial charge in [-0.15, -0.1) is 0 Å². The molecule has 570 valence electrons. The van der Waals surface area contributed by atoms with Gasteiger partial charge >= 0.3 is 21.1 Å². The van der Waals surface area contributed by atoms with Crippen LogP contribution in [0.4, 0.5) is 0 Å². The van der Waals surface area contributed by atoms with Gasteiger partial charge in [0.2, 0.25) is 0 Å². The number of thiocarbonyl (C=S) groups is 4. The third-order valence-electron chi connectivity index (χ3n) is 22.1. The van der Waals surface area contributed by atoms with Crippen molar-refractivity contribution in [2.24, 2.45) is 23.7 Å². The van der Waals surface area contributed by atoms with E-state index in [-0.39, 0.29) is 21.1 Å². The van der Waals surface area contributed by atoms with Gasteiger partial charge in [-0.2, -0.15) is 0 Å². The van der Waals surface area contributed by atoms with Crippen LogP contribution in [0.25, 0.3) is 0 Å². The number of hydrogen-bond donors (Lipinski definition) is 4. The van der Waals surface area contributed by atoms with Crippen LogP contribution in [0.5, 0.6) is 0 Å². The molecule has 4 aliphatic carbocycles. The molecule has 0 heterocycles. The van der Waals surface area contributed by atoms with Gasteiger partial charge < -0.3 is 121 Å². The predicted octanol–water partition coefficient (Wildman–Crippen LogP) is 28.2. The Morgan fingerprint density at radius 2 is 0.299 bits per heavy atom. The fourth-order valence-corrected chi connectivity index (χ4v) is 16.8. The molecule has 4 rings (SSSR count). The monoisotopic (exact) mass is 1580 g/mol. The Morgan fingerprint density at radius 1 is 0.186 bits per heavy atom. The molecule has 4 nitrogen and oxygen atoms in total. The molecule has 13 heteroatoms. The fraction of sp³-hybridized carbons (Fsp3) is 0.952. The van der Waals surface area contributed by atoms with Crippen molar-refractivity contribution in [2.45, 2.75) is 462 Å². The first-order valence-corrected chi connectivity index (χ1v) is 46.2. The molecule has 0 aromatic carbocycles. The van der Waals surface area contributed by atoms with E-state index in [2.05, 4.69) is 21.3 Å². The van der Waals surface area contributed by atoms with Gasteiger partial charge in [-0.3, -0.25) is 0 Å². The molecule has 0 atom stereocenters. The first-order chi connectivity index (χ1) is 47.2. The van der Waals surface area contributed by atoms with Gasteiger partial charge in [0.05, 0.1) is 0 Å². The number of nitrogens with one attached hydrogen (secondary N) is 4. The van der Waals surface area contributed by atoms with E-state index in [0.717, 1.165) is 49.9 Å². The molecule has 0 radical (unpaired) electrons. The molecular weight excluding hydrogens is 1420 g/mol. The summed E-state index contributed by atoms with van der Waals surface area (Å²) in [5, 5.41) is 12.2. The van der Waals surface area contributed by atoms with Crippen molar-refractivity contribution < 1.29 is 21.1 Å². The molecule has 0 aromatic rings. The minimum absolute atomic E-state index is 0. The summed E-state index contributed by atoms with van der Waals surface area (Å²) in [5.41, 5.74) is 0. The SMILES string of the molecule is S=C([S-])NCCCCCCCCCCCCCCC1CCCCC1.S=C([S-])NCCCCCCCCCCCCCCC1CCCCC1.S=C([S-])NCCCCCCCCCCCCCCC1CCCCC1.S=C([S-])NCCCCCCCCCCCCCCC1CCCCC1.[Mo+4]. The maximum Gasteiger partial charge on any atom is 4.00 e. The molecule has 0 aliphatic heterocycles. The van der Waals surface area contributed by atoms with Crippen molar-refractivity contribution in [1.29, 1.82) is 0 Å². The first kappa shape index (κ1) is 98.1. The average molecular weight is 1580 g/mol. The summed E-state index contributed by atoms with van der Waals surface area (Å²) in [5.74, 6) is 4.34. The van der Waals surface area contributed by atoms with Crippen molar-refractivity contribution in [3.8, 4) is 0 Å². The minimum atomic E-state index is 0. The van der Waals surface area contributed by atoms with E-state index in [9.17, 15) is 0 Å². The largest absolute Gasteiger partial charge is 4.00 e. The molecule has 0 unspecified atom stereocenters. The van der Waals surface area contributed by atoms with Crippen LogP contribution in [0.3, 0.4) is 0 Å². The number of unbranched alkanes of at least 4 members (excludes halogenated alkanes) is 44. The Bertz CT molecular complexity index is 1390. The second-order valence-corrected chi connectivity index (χ2v) is 35.3. The zero-order valence-electron chi connectivity index (χ0n) is 63.7. The summed E-state index contributed by atoms with van der Waals surface area (Å²) in [6.45, 7) is 3.85. The molecule has 4 saturated carbocycles. The van der Waals surface area contributed by atoms with Gasteiger partial charge in [0.15, 0.2) is 0 Å². The summed E-state index contributed by atoms with van der Waals surface area (Å²) < 4.78 is 2.07. The quantitative estimate of drug-likeness (QED) is 0.0203. The van der Waals surface area contributed by atoms with Crippen molar-refractivity contribution >= 4 is 117 Å². The number of hydrogen-bond acceptors (Lipinski definition) is 8. The van der Waals surface area contributed by atoms with Crippen LogP contribution in [0.2, 0.25) is 0 Å². The Kier molecular flexibility index (Phi) is 82.2. The third kappa shape index (κ3) is 79.5. The van der Waals surface area contributed by atoms with Gasteiger partial charge in [0.25, 0.3) is 0 Å². The average Bonchev–Trinajstić information content (AvgIpc) is 3.68. The fourth-order valence-electron chi connectivity index (χ4n) is 16.0. The smallest absolute Gasteiger partial charge is 0.412 e. The molecule has 0 amide bonds. The normalized spacial score (nSPS) is 15.3. The van der Waals surface area contributed by atoms with E-state index >= 15 is 0 Å². The van der Waals surface area contributed by atoms with E-state index in [4.69, 9.17) is 99.4 Å². The zero-order chi connectivity index (χ0) is 69.2. The third-order valence-corrected chi connectivity index (χ3v) is 23.3. The van der Waals surface area contributed by atoms with Gasteiger partial charge in [-0.25, -0.2) is 0 Å². The van der Waals surface area contributed by atoms with Crippen molar-refractivity contribution in [3.63, 3.8) is 0 Å². The molecule has 0 spiro atoms. The molecular formula is C84H160MoN4S8. The Hall–Kier alpha value is 1.13. The molecule has 4 aliphatic rings. The van der Waals surface area contributed by atoms with Crippen LogP contribution >= 0.6 is 48.9 Å². The zero-order valence-corrected chi connectivity index (χ0v) is 72.3. The van der Waals surface area contributed by atoms with Crippen molar-refractivity contribution in [1.82, 2.24) is 21.3 Å². The Balaban J connectivity index is 0.00000126. The maximum absolute atomic E-state index is 4.82. The second-order valence-electron chi connectivity index (χ2n) is 31.0. The van der Waals surface area contributed by atoms with E-state index in [1.807, 2.05) is 0 Å². The summed E-state index contributed by atoms with van der Waals surface area (Å²) in [7, 11) is 0. The van der Waals surface area contributed by atoms with Crippen LogP contribution in [0, 0.1) is 23.7 Å². The van der Waals surface area contributed by atoms with Crippen molar-refractivity contribution in [2.75, 3.05) is 26.2 Å². The van der Waals surface area contributed by atoms with Crippen molar-refractivity contribution in [3.05, 3.63) is 0 Å². The van der Waals surface area contributed by atoms with Crippen LogP contribution in [0.15, 0.2) is 0 Å².